The Hall–Kier alpha value is -1.88. The second-order valence-electron chi connectivity index (χ2n) is 5.82. The molecule has 1 heterocycles. The molecule has 1 aromatic carbocycles. The fourth-order valence-electron chi connectivity index (χ4n) is 2.84. The molecule has 0 unspecified atom stereocenters. The van der Waals surface area contributed by atoms with Crippen molar-refractivity contribution < 1.29 is 14.7 Å². The first-order valence-electron chi connectivity index (χ1n) is 7.92. The summed E-state index contributed by atoms with van der Waals surface area (Å²) in [5, 5.41) is 12.1. The zero-order valence-electron chi connectivity index (χ0n) is 13.0. The van der Waals surface area contributed by atoms with Crippen molar-refractivity contribution in [2.45, 2.75) is 44.7 Å². The van der Waals surface area contributed by atoms with Gasteiger partial charge in [-0.3, -0.25) is 9.69 Å². The van der Waals surface area contributed by atoms with Gasteiger partial charge in [0, 0.05) is 0 Å². The number of carbonyl (C=O) groups excluding carboxylic acids is 1. The Morgan fingerprint density at radius 3 is 2.23 bits per heavy atom. The molecule has 22 heavy (non-hydrogen) atoms. The highest BCUT2D eigenvalue weighted by Gasteiger charge is 2.27. The molecule has 1 saturated heterocycles. The van der Waals surface area contributed by atoms with Crippen LogP contribution < -0.4 is 5.32 Å². The van der Waals surface area contributed by atoms with E-state index in [1.807, 2.05) is 13.0 Å². The van der Waals surface area contributed by atoms with Crippen molar-refractivity contribution in [2.75, 3.05) is 13.1 Å². The monoisotopic (exact) mass is 304 g/mol. The van der Waals surface area contributed by atoms with Gasteiger partial charge in [0.1, 0.15) is 0 Å². The zero-order valence-corrected chi connectivity index (χ0v) is 13.0. The molecule has 1 aromatic rings. The van der Waals surface area contributed by atoms with Crippen molar-refractivity contribution >= 4 is 11.9 Å². The van der Waals surface area contributed by atoms with Crippen LogP contribution in [0.2, 0.25) is 0 Å². The normalized spacial score (nSPS) is 19.0. The zero-order chi connectivity index (χ0) is 15.9. The van der Waals surface area contributed by atoms with Gasteiger partial charge in [0.25, 0.3) is 0 Å². The molecule has 0 radical (unpaired) electrons. The molecule has 2 rings (SSSR count). The lowest BCUT2D eigenvalue weighted by molar-refractivity contribution is -0.142. The summed E-state index contributed by atoms with van der Waals surface area (Å²) in [5.41, 5.74) is 0.589. The first kappa shape index (κ1) is 16.5. The maximum atomic E-state index is 12.4. The van der Waals surface area contributed by atoms with E-state index in [0.29, 0.717) is 5.56 Å². The van der Waals surface area contributed by atoms with Crippen LogP contribution in [-0.2, 0) is 9.59 Å². The summed E-state index contributed by atoms with van der Waals surface area (Å²) in [6.07, 6.45) is 4.59. The van der Waals surface area contributed by atoms with Crippen LogP contribution in [0.15, 0.2) is 30.3 Å². The third kappa shape index (κ3) is 4.31. The summed E-state index contributed by atoms with van der Waals surface area (Å²) < 4.78 is 0. The molecule has 1 aliphatic rings. The molecule has 1 amide bonds. The first-order valence-corrected chi connectivity index (χ1v) is 7.92. The van der Waals surface area contributed by atoms with Crippen LogP contribution in [0.3, 0.4) is 0 Å². The van der Waals surface area contributed by atoms with Crippen LogP contribution in [0, 0.1) is 0 Å². The number of rotatable bonds is 5. The van der Waals surface area contributed by atoms with Crippen molar-refractivity contribution in [1.82, 2.24) is 10.2 Å². The highest BCUT2D eigenvalue weighted by atomic mass is 16.4. The number of carbonyl (C=O) groups is 2. The number of carboxylic acids is 1. The smallest absolute Gasteiger partial charge is 0.330 e. The minimum Gasteiger partial charge on any atom is -0.479 e. The van der Waals surface area contributed by atoms with Crippen molar-refractivity contribution in [3.63, 3.8) is 0 Å². The third-order valence-electron chi connectivity index (χ3n) is 4.23. The average molecular weight is 304 g/mol. The molecule has 0 aromatic heterocycles. The second kappa shape index (κ2) is 7.94. The van der Waals surface area contributed by atoms with E-state index in [4.69, 9.17) is 0 Å². The minimum atomic E-state index is -1.04. The second-order valence-corrected chi connectivity index (χ2v) is 5.82. The van der Waals surface area contributed by atoms with Gasteiger partial charge in [-0.25, -0.2) is 4.79 Å². The van der Waals surface area contributed by atoms with Gasteiger partial charge in [-0.15, -0.1) is 0 Å². The predicted molar refractivity (Wildman–Crippen MR) is 84.5 cm³/mol. The molecular formula is C17H24N2O3. The number of hydrogen-bond acceptors (Lipinski definition) is 3. The highest BCUT2D eigenvalue weighted by Crippen LogP contribution is 2.16. The predicted octanol–water partition coefficient (Wildman–Crippen LogP) is 2.19. The van der Waals surface area contributed by atoms with Crippen LogP contribution in [0.4, 0.5) is 0 Å². The van der Waals surface area contributed by atoms with Gasteiger partial charge in [0.2, 0.25) is 5.91 Å². The maximum Gasteiger partial charge on any atom is 0.330 e. The van der Waals surface area contributed by atoms with Crippen LogP contribution >= 0.6 is 0 Å². The van der Waals surface area contributed by atoms with E-state index in [1.165, 1.54) is 12.8 Å². The van der Waals surface area contributed by atoms with Crippen molar-refractivity contribution in [3.05, 3.63) is 35.9 Å². The fraction of sp³-hybridized carbons (Fsp3) is 0.529. The summed E-state index contributed by atoms with van der Waals surface area (Å²) in [7, 11) is 0. The van der Waals surface area contributed by atoms with E-state index < -0.39 is 12.0 Å². The van der Waals surface area contributed by atoms with E-state index in [1.54, 1.807) is 24.3 Å². The number of nitrogens with one attached hydrogen (secondary N) is 1. The summed E-state index contributed by atoms with van der Waals surface area (Å²) in [4.78, 5) is 26.0. The molecule has 0 aliphatic carbocycles. The standard InChI is InChI=1S/C17H24N2O3/c1-13(19-11-7-2-3-8-12-19)16(20)18-15(17(21)22)14-9-5-4-6-10-14/h4-6,9-10,13,15H,2-3,7-8,11-12H2,1H3,(H,18,20)(H,21,22)/t13-,15-/m0/s1. The molecule has 5 heteroatoms. The molecule has 0 saturated carbocycles. The van der Waals surface area contributed by atoms with E-state index >= 15 is 0 Å². The molecule has 2 atom stereocenters. The lowest BCUT2D eigenvalue weighted by Crippen LogP contribution is -2.47. The van der Waals surface area contributed by atoms with Crippen LogP contribution in [0.25, 0.3) is 0 Å². The molecule has 1 aliphatic heterocycles. The van der Waals surface area contributed by atoms with E-state index in [-0.39, 0.29) is 11.9 Å². The molecule has 0 bridgehead atoms. The Bertz CT molecular complexity index is 496. The van der Waals surface area contributed by atoms with Crippen molar-refractivity contribution in [1.29, 1.82) is 0 Å². The van der Waals surface area contributed by atoms with Crippen molar-refractivity contribution in [3.8, 4) is 0 Å². The average Bonchev–Trinajstić information content (AvgIpc) is 2.81. The number of aliphatic carboxylic acids is 1. The number of likely N-dealkylation sites (tertiary alicyclic amines) is 1. The Labute approximate surface area is 131 Å². The fourth-order valence-corrected chi connectivity index (χ4v) is 2.84. The maximum absolute atomic E-state index is 12.4. The van der Waals surface area contributed by atoms with E-state index in [0.717, 1.165) is 25.9 Å². The quantitative estimate of drug-likeness (QED) is 0.875. The Kier molecular flexibility index (Phi) is 5.95. The minimum absolute atomic E-state index is 0.224. The topological polar surface area (TPSA) is 69.6 Å². The van der Waals surface area contributed by atoms with Crippen LogP contribution in [0.1, 0.15) is 44.2 Å². The lowest BCUT2D eigenvalue weighted by Gasteiger charge is -2.27. The van der Waals surface area contributed by atoms with E-state index in [9.17, 15) is 14.7 Å². The van der Waals surface area contributed by atoms with Gasteiger partial charge >= 0.3 is 5.97 Å². The third-order valence-corrected chi connectivity index (χ3v) is 4.23. The van der Waals surface area contributed by atoms with E-state index in [2.05, 4.69) is 10.2 Å². The first-order chi connectivity index (χ1) is 10.6. The summed E-state index contributed by atoms with van der Waals surface area (Å²) in [6, 6.07) is 7.51. The van der Waals surface area contributed by atoms with Gasteiger partial charge in [-0.1, -0.05) is 43.2 Å². The molecule has 120 valence electrons. The van der Waals surface area contributed by atoms with Gasteiger partial charge in [0.05, 0.1) is 6.04 Å². The number of benzene rings is 1. The molecule has 2 N–H and O–H groups in total. The SMILES string of the molecule is C[C@@H](C(=O)N[C@H](C(=O)O)c1ccccc1)N1CCCCCC1. The van der Waals surface area contributed by atoms with Gasteiger partial charge in [0.15, 0.2) is 6.04 Å². The van der Waals surface area contributed by atoms with Gasteiger partial charge in [-0.2, -0.15) is 0 Å². The Balaban J connectivity index is 2.03. The van der Waals surface area contributed by atoms with Crippen molar-refractivity contribution in [2.24, 2.45) is 0 Å². The Morgan fingerprint density at radius 2 is 1.68 bits per heavy atom. The van der Waals surface area contributed by atoms with Gasteiger partial charge in [-0.05, 0) is 38.4 Å². The molecule has 1 fully saturated rings. The summed E-state index contributed by atoms with van der Waals surface area (Å²) >= 11 is 0. The Morgan fingerprint density at radius 1 is 1.09 bits per heavy atom. The highest BCUT2D eigenvalue weighted by molar-refractivity contribution is 5.87. The van der Waals surface area contributed by atoms with Crippen LogP contribution in [0.5, 0.6) is 0 Å². The van der Waals surface area contributed by atoms with Gasteiger partial charge < -0.3 is 10.4 Å². The molecular weight excluding hydrogens is 280 g/mol. The number of amides is 1. The number of carboxylic acid groups (broad SMARTS) is 1. The molecule has 0 spiro atoms. The number of hydrogen-bond donors (Lipinski definition) is 2. The number of nitrogens with zero attached hydrogens (tertiary/aromatic N) is 1. The lowest BCUT2D eigenvalue weighted by atomic mass is 10.1. The molecule has 5 nitrogen and oxygen atoms in total. The van der Waals surface area contributed by atoms with Crippen LogP contribution in [-0.4, -0.2) is 41.0 Å². The summed E-state index contributed by atoms with van der Waals surface area (Å²) in [5.74, 6) is -1.26. The summed E-state index contributed by atoms with van der Waals surface area (Å²) in [6.45, 7) is 3.65. The largest absolute Gasteiger partial charge is 0.479 e.